The summed E-state index contributed by atoms with van der Waals surface area (Å²) in [7, 11) is 1.61. The number of carboxylic acids is 1. The van der Waals surface area contributed by atoms with E-state index in [1.807, 2.05) is 38.1 Å². The van der Waals surface area contributed by atoms with Crippen LogP contribution in [-0.2, 0) is 4.79 Å². The van der Waals surface area contributed by atoms with Crippen LogP contribution >= 0.6 is 0 Å². The SMILES string of the molecule is CCN(CCOc1ccccc1OC)C(C)CC(=O)O. The van der Waals surface area contributed by atoms with E-state index in [1.165, 1.54) is 0 Å². The first-order chi connectivity index (χ1) is 9.58. The number of ether oxygens (including phenoxy) is 2. The van der Waals surface area contributed by atoms with E-state index in [-0.39, 0.29) is 12.5 Å². The number of benzene rings is 1. The molecule has 1 rings (SSSR count). The Morgan fingerprint density at radius 1 is 1.35 bits per heavy atom. The number of likely N-dealkylation sites (N-methyl/N-ethyl adjacent to an activating group) is 1. The average molecular weight is 281 g/mol. The Balaban J connectivity index is 2.47. The third-order valence-electron chi connectivity index (χ3n) is 3.20. The third-order valence-corrected chi connectivity index (χ3v) is 3.20. The van der Waals surface area contributed by atoms with Gasteiger partial charge < -0.3 is 14.6 Å². The molecule has 0 amide bonds. The highest BCUT2D eigenvalue weighted by atomic mass is 16.5. The Hall–Kier alpha value is -1.75. The minimum atomic E-state index is -0.776. The van der Waals surface area contributed by atoms with E-state index in [9.17, 15) is 4.79 Å². The highest BCUT2D eigenvalue weighted by Crippen LogP contribution is 2.25. The lowest BCUT2D eigenvalue weighted by Gasteiger charge is -2.26. The summed E-state index contributed by atoms with van der Waals surface area (Å²) in [5.41, 5.74) is 0. The zero-order valence-corrected chi connectivity index (χ0v) is 12.3. The van der Waals surface area contributed by atoms with Crippen LogP contribution in [-0.4, -0.2) is 48.8 Å². The van der Waals surface area contributed by atoms with Crippen molar-refractivity contribution >= 4 is 5.97 Å². The Kier molecular flexibility index (Phi) is 6.87. The van der Waals surface area contributed by atoms with Crippen molar-refractivity contribution in [3.63, 3.8) is 0 Å². The van der Waals surface area contributed by atoms with E-state index in [0.717, 1.165) is 6.54 Å². The normalized spacial score (nSPS) is 12.2. The van der Waals surface area contributed by atoms with Crippen LogP contribution in [0.2, 0.25) is 0 Å². The van der Waals surface area contributed by atoms with Gasteiger partial charge in [0.15, 0.2) is 11.5 Å². The molecule has 0 radical (unpaired) electrons. The lowest BCUT2D eigenvalue weighted by atomic mass is 10.2. The smallest absolute Gasteiger partial charge is 0.304 e. The van der Waals surface area contributed by atoms with Crippen molar-refractivity contribution < 1.29 is 19.4 Å². The second-order valence-electron chi connectivity index (χ2n) is 4.57. The molecule has 0 heterocycles. The number of carboxylic acid groups (broad SMARTS) is 1. The van der Waals surface area contributed by atoms with Gasteiger partial charge in [-0.15, -0.1) is 0 Å². The molecule has 5 nitrogen and oxygen atoms in total. The second kappa shape index (κ2) is 8.43. The van der Waals surface area contributed by atoms with Gasteiger partial charge in [0.25, 0.3) is 0 Å². The van der Waals surface area contributed by atoms with Gasteiger partial charge in [0.1, 0.15) is 6.61 Å². The molecule has 1 atom stereocenters. The Bertz CT molecular complexity index is 422. The van der Waals surface area contributed by atoms with E-state index in [0.29, 0.717) is 24.7 Å². The molecular formula is C15H23NO4. The Morgan fingerprint density at radius 2 is 2.00 bits per heavy atom. The molecule has 0 aliphatic heterocycles. The maximum absolute atomic E-state index is 10.7. The van der Waals surface area contributed by atoms with Crippen LogP contribution in [0.4, 0.5) is 0 Å². The van der Waals surface area contributed by atoms with Gasteiger partial charge in [-0.2, -0.15) is 0 Å². The van der Waals surface area contributed by atoms with Gasteiger partial charge in [-0.25, -0.2) is 0 Å². The topological polar surface area (TPSA) is 59.0 Å². The fourth-order valence-electron chi connectivity index (χ4n) is 2.08. The maximum atomic E-state index is 10.7. The summed E-state index contributed by atoms with van der Waals surface area (Å²) in [6, 6.07) is 7.48. The Labute approximate surface area is 120 Å². The molecular weight excluding hydrogens is 258 g/mol. The van der Waals surface area contributed by atoms with Gasteiger partial charge >= 0.3 is 5.97 Å². The lowest BCUT2D eigenvalue weighted by molar-refractivity contribution is -0.138. The molecule has 1 N–H and O–H groups in total. The maximum Gasteiger partial charge on any atom is 0.304 e. The first kappa shape index (κ1) is 16.3. The molecule has 0 aliphatic rings. The van der Waals surface area contributed by atoms with Gasteiger partial charge in [-0.05, 0) is 25.6 Å². The molecule has 0 aromatic heterocycles. The summed E-state index contributed by atoms with van der Waals surface area (Å²) >= 11 is 0. The quantitative estimate of drug-likeness (QED) is 0.752. The van der Waals surface area contributed by atoms with Gasteiger partial charge in [-0.3, -0.25) is 9.69 Å². The van der Waals surface area contributed by atoms with Crippen LogP contribution in [0, 0.1) is 0 Å². The van der Waals surface area contributed by atoms with Crippen LogP contribution in [0.5, 0.6) is 11.5 Å². The zero-order valence-electron chi connectivity index (χ0n) is 12.3. The number of hydrogen-bond acceptors (Lipinski definition) is 4. The highest BCUT2D eigenvalue weighted by molar-refractivity contribution is 5.67. The number of carbonyl (C=O) groups is 1. The van der Waals surface area contributed by atoms with Gasteiger partial charge in [0, 0.05) is 12.6 Å². The van der Waals surface area contributed by atoms with Crippen molar-refractivity contribution in [2.24, 2.45) is 0 Å². The molecule has 5 heteroatoms. The van der Waals surface area contributed by atoms with Crippen molar-refractivity contribution in [2.75, 3.05) is 26.8 Å². The predicted molar refractivity (Wildman–Crippen MR) is 77.5 cm³/mol. The van der Waals surface area contributed by atoms with E-state index < -0.39 is 5.97 Å². The zero-order chi connectivity index (χ0) is 15.0. The molecule has 0 spiro atoms. The standard InChI is InChI=1S/C15H23NO4/c1-4-16(12(2)11-15(17)18)9-10-20-14-8-6-5-7-13(14)19-3/h5-8,12H,4,9-11H2,1-3H3,(H,17,18). The van der Waals surface area contributed by atoms with Crippen molar-refractivity contribution in [3.8, 4) is 11.5 Å². The van der Waals surface area contributed by atoms with Crippen LogP contribution in [0.1, 0.15) is 20.3 Å². The van der Waals surface area contributed by atoms with Crippen LogP contribution in [0.15, 0.2) is 24.3 Å². The van der Waals surface area contributed by atoms with Crippen LogP contribution in [0.25, 0.3) is 0 Å². The summed E-state index contributed by atoms with van der Waals surface area (Å²) in [4.78, 5) is 12.8. The molecule has 0 bridgehead atoms. The monoisotopic (exact) mass is 281 g/mol. The second-order valence-corrected chi connectivity index (χ2v) is 4.57. The molecule has 0 saturated carbocycles. The van der Waals surface area contributed by atoms with E-state index in [4.69, 9.17) is 14.6 Å². The predicted octanol–water partition coefficient (Wildman–Crippen LogP) is 2.26. The molecule has 0 fully saturated rings. The number of hydrogen-bond donors (Lipinski definition) is 1. The van der Waals surface area contributed by atoms with Crippen LogP contribution < -0.4 is 9.47 Å². The van der Waals surface area contributed by atoms with E-state index >= 15 is 0 Å². The number of methoxy groups -OCH3 is 1. The van der Waals surface area contributed by atoms with E-state index in [1.54, 1.807) is 7.11 Å². The molecule has 0 saturated heterocycles. The summed E-state index contributed by atoms with van der Waals surface area (Å²) in [6.45, 7) is 5.91. The van der Waals surface area contributed by atoms with Crippen molar-refractivity contribution in [2.45, 2.75) is 26.3 Å². The Morgan fingerprint density at radius 3 is 2.55 bits per heavy atom. The van der Waals surface area contributed by atoms with Crippen molar-refractivity contribution in [3.05, 3.63) is 24.3 Å². The fraction of sp³-hybridized carbons (Fsp3) is 0.533. The van der Waals surface area contributed by atoms with Crippen LogP contribution in [0.3, 0.4) is 0 Å². The van der Waals surface area contributed by atoms with Crippen molar-refractivity contribution in [1.82, 2.24) is 4.90 Å². The molecule has 1 aromatic carbocycles. The van der Waals surface area contributed by atoms with Crippen molar-refractivity contribution in [1.29, 1.82) is 0 Å². The molecule has 112 valence electrons. The van der Waals surface area contributed by atoms with Gasteiger partial charge in [0.2, 0.25) is 0 Å². The fourth-order valence-corrected chi connectivity index (χ4v) is 2.08. The summed E-state index contributed by atoms with van der Waals surface area (Å²) in [6.07, 6.45) is 0.141. The summed E-state index contributed by atoms with van der Waals surface area (Å²) in [5, 5.41) is 8.83. The minimum Gasteiger partial charge on any atom is -0.493 e. The summed E-state index contributed by atoms with van der Waals surface area (Å²) in [5.74, 6) is 0.632. The largest absolute Gasteiger partial charge is 0.493 e. The van der Waals surface area contributed by atoms with Gasteiger partial charge in [0.05, 0.1) is 13.5 Å². The number of rotatable bonds is 9. The molecule has 20 heavy (non-hydrogen) atoms. The number of aliphatic carboxylic acids is 1. The minimum absolute atomic E-state index is 0.00114. The first-order valence-electron chi connectivity index (χ1n) is 6.80. The molecule has 1 aromatic rings. The number of para-hydroxylation sites is 2. The van der Waals surface area contributed by atoms with E-state index in [2.05, 4.69) is 4.90 Å². The third kappa shape index (κ3) is 5.09. The lowest BCUT2D eigenvalue weighted by Crippen LogP contribution is -2.37. The molecule has 1 unspecified atom stereocenters. The highest BCUT2D eigenvalue weighted by Gasteiger charge is 2.15. The van der Waals surface area contributed by atoms with Gasteiger partial charge in [-0.1, -0.05) is 19.1 Å². The first-order valence-corrected chi connectivity index (χ1v) is 6.80. The number of nitrogens with zero attached hydrogens (tertiary/aromatic N) is 1. The average Bonchev–Trinajstić information content (AvgIpc) is 2.43. The summed E-state index contributed by atoms with van der Waals surface area (Å²) < 4.78 is 10.9. The molecule has 0 aliphatic carbocycles.